The second kappa shape index (κ2) is 7.00. The van der Waals surface area contributed by atoms with Crippen LogP contribution in [0, 0.1) is 5.92 Å². The summed E-state index contributed by atoms with van der Waals surface area (Å²) in [7, 11) is 0. The Kier molecular flexibility index (Phi) is 5.64. The second-order valence-electron chi connectivity index (χ2n) is 4.69. The van der Waals surface area contributed by atoms with Crippen molar-refractivity contribution >= 4 is 17.6 Å². The Hall–Kier alpha value is -1.56. The van der Waals surface area contributed by atoms with Crippen molar-refractivity contribution in [3.8, 4) is 0 Å². The first-order valence-electron chi connectivity index (χ1n) is 6.31. The molecule has 1 unspecified atom stereocenters. The zero-order valence-electron chi connectivity index (χ0n) is 11.3. The van der Waals surface area contributed by atoms with Gasteiger partial charge in [-0.2, -0.15) is 9.97 Å². The van der Waals surface area contributed by atoms with E-state index in [2.05, 4.69) is 34.4 Å². The van der Waals surface area contributed by atoms with E-state index in [-0.39, 0.29) is 12.1 Å². The van der Waals surface area contributed by atoms with Crippen molar-refractivity contribution in [3.63, 3.8) is 0 Å². The molecule has 0 saturated heterocycles. The summed E-state index contributed by atoms with van der Waals surface area (Å²) in [5, 5.41) is 15.9. The van der Waals surface area contributed by atoms with Crippen LogP contribution in [0.5, 0.6) is 0 Å². The number of anilines is 3. The third-order valence-electron chi connectivity index (χ3n) is 2.36. The van der Waals surface area contributed by atoms with Crippen molar-refractivity contribution in [3.05, 3.63) is 6.07 Å². The Labute approximate surface area is 108 Å². The normalized spacial score (nSPS) is 12.5. The van der Waals surface area contributed by atoms with Gasteiger partial charge in [-0.3, -0.25) is 0 Å². The van der Waals surface area contributed by atoms with Crippen LogP contribution in [0.25, 0.3) is 0 Å². The summed E-state index contributed by atoms with van der Waals surface area (Å²) in [4.78, 5) is 8.12. The fraction of sp³-hybridized carbons (Fsp3) is 0.667. The van der Waals surface area contributed by atoms with E-state index in [1.54, 1.807) is 6.07 Å². The minimum absolute atomic E-state index is 0.217. The molecule has 0 fully saturated rings. The van der Waals surface area contributed by atoms with Crippen LogP contribution in [-0.2, 0) is 0 Å². The number of nitrogens with zero attached hydrogens (tertiary/aromatic N) is 2. The first kappa shape index (κ1) is 14.5. The lowest BCUT2D eigenvalue weighted by molar-refractivity contribution is 0.161. The summed E-state index contributed by atoms with van der Waals surface area (Å²) in [5.74, 6) is 2.00. The van der Waals surface area contributed by atoms with Gasteiger partial charge in [-0.25, -0.2) is 0 Å². The Morgan fingerprint density at radius 3 is 2.44 bits per heavy atom. The number of aliphatic hydroxyl groups excluding tert-OH is 1. The van der Waals surface area contributed by atoms with Gasteiger partial charge >= 0.3 is 0 Å². The highest BCUT2D eigenvalue weighted by atomic mass is 16.3. The van der Waals surface area contributed by atoms with Crippen molar-refractivity contribution in [2.24, 2.45) is 5.92 Å². The van der Waals surface area contributed by atoms with Crippen LogP contribution in [0.2, 0.25) is 0 Å². The summed E-state index contributed by atoms with van der Waals surface area (Å²) in [6.07, 6.45) is 0.372. The lowest BCUT2D eigenvalue weighted by atomic mass is 10.1. The number of aliphatic hydroxyl groups is 1. The van der Waals surface area contributed by atoms with Crippen molar-refractivity contribution in [1.29, 1.82) is 0 Å². The van der Waals surface area contributed by atoms with Crippen LogP contribution in [-0.4, -0.2) is 34.3 Å². The average molecular weight is 253 g/mol. The molecule has 6 heteroatoms. The molecule has 1 aromatic heterocycles. The highest BCUT2D eigenvalue weighted by molar-refractivity contribution is 5.50. The fourth-order valence-corrected chi connectivity index (χ4v) is 1.68. The lowest BCUT2D eigenvalue weighted by Gasteiger charge is -2.14. The molecule has 0 aliphatic carbocycles. The van der Waals surface area contributed by atoms with Gasteiger partial charge in [-0.05, 0) is 19.3 Å². The zero-order valence-corrected chi connectivity index (χ0v) is 11.3. The quantitative estimate of drug-likeness (QED) is 0.585. The van der Waals surface area contributed by atoms with Gasteiger partial charge < -0.3 is 21.5 Å². The summed E-state index contributed by atoms with van der Waals surface area (Å²) in [6.45, 7) is 7.37. The smallest absolute Gasteiger partial charge is 0.223 e. The Morgan fingerprint density at radius 1 is 1.28 bits per heavy atom. The number of nitrogens with two attached hydrogens (primary N) is 1. The lowest BCUT2D eigenvalue weighted by Crippen LogP contribution is -2.22. The number of hydrogen-bond donors (Lipinski definition) is 4. The maximum atomic E-state index is 9.77. The molecule has 5 N–H and O–H groups in total. The van der Waals surface area contributed by atoms with E-state index in [0.29, 0.717) is 24.1 Å². The minimum atomic E-state index is -0.385. The molecule has 0 bridgehead atoms. The molecule has 102 valence electrons. The van der Waals surface area contributed by atoms with Crippen molar-refractivity contribution in [2.75, 3.05) is 29.5 Å². The van der Waals surface area contributed by atoms with E-state index < -0.39 is 0 Å². The maximum absolute atomic E-state index is 9.77. The molecular weight excluding hydrogens is 230 g/mol. The van der Waals surface area contributed by atoms with E-state index >= 15 is 0 Å². The molecule has 1 heterocycles. The molecular formula is C12H23N5O. The molecule has 0 spiro atoms. The van der Waals surface area contributed by atoms with Gasteiger partial charge in [0.1, 0.15) is 11.6 Å². The maximum Gasteiger partial charge on any atom is 0.223 e. The number of hydrogen-bond acceptors (Lipinski definition) is 6. The van der Waals surface area contributed by atoms with Crippen LogP contribution in [0.15, 0.2) is 6.07 Å². The number of rotatable bonds is 7. The highest BCUT2D eigenvalue weighted by Gasteiger charge is 2.08. The second-order valence-corrected chi connectivity index (χ2v) is 4.69. The third kappa shape index (κ3) is 5.18. The first-order valence-corrected chi connectivity index (χ1v) is 6.31. The zero-order chi connectivity index (χ0) is 13.5. The van der Waals surface area contributed by atoms with Crippen LogP contribution >= 0.6 is 0 Å². The number of nitrogen functional groups attached to an aromatic ring is 1. The SMILES string of the molecule is CCNc1cc(NCC(O)CC(C)C)nc(N)n1. The van der Waals surface area contributed by atoms with Crippen molar-refractivity contribution in [2.45, 2.75) is 33.3 Å². The van der Waals surface area contributed by atoms with E-state index in [1.807, 2.05) is 6.92 Å². The molecule has 0 amide bonds. The van der Waals surface area contributed by atoms with E-state index in [9.17, 15) is 5.11 Å². The largest absolute Gasteiger partial charge is 0.391 e. The fourth-order valence-electron chi connectivity index (χ4n) is 1.68. The standard InChI is InChI=1S/C12H23N5O/c1-4-14-10-6-11(17-12(13)16-10)15-7-9(18)5-8(2)3/h6,8-9,18H,4-5,7H2,1-3H3,(H4,13,14,15,16,17). The first-order chi connectivity index (χ1) is 8.51. The molecule has 0 aliphatic heterocycles. The predicted octanol–water partition coefficient (Wildman–Crippen LogP) is 1.31. The van der Waals surface area contributed by atoms with Gasteiger partial charge in [-0.1, -0.05) is 13.8 Å². The molecule has 1 atom stereocenters. The van der Waals surface area contributed by atoms with Crippen molar-refractivity contribution < 1.29 is 5.11 Å². The van der Waals surface area contributed by atoms with E-state index in [1.165, 1.54) is 0 Å². The molecule has 0 aliphatic rings. The van der Waals surface area contributed by atoms with Crippen molar-refractivity contribution in [1.82, 2.24) is 9.97 Å². The summed E-state index contributed by atoms with van der Waals surface area (Å²) in [6, 6.07) is 1.78. The summed E-state index contributed by atoms with van der Waals surface area (Å²) < 4.78 is 0. The summed E-state index contributed by atoms with van der Waals surface area (Å²) >= 11 is 0. The number of nitrogens with one attached hydrogen (secondary N) is 2. The molecule has 1 rings (SSSR count). The summed E-state index contributed by atoms with van der Waals surface area (Å²) in [5.41, 5.74) is 5.61. The third-order valence-corrected chi connectivity index (χ3v) is 2.36. The molecule has 1 aromatic rings. The van der Waals surface area contributed by atoms with Gasteiger partial charge in [0.05, 0.1) is 6.10 Å². The van der Waals surface area contributed by atoms with Crippen LogP contribution in [0.4, 0.5) is 17.6 Å². The molecule has 0 aromatic carbocycles. The molecule has 0 saturated carbocycles. The molecule has 0 radical (unpaired) electrons. The van der Waals surface area contributed by atoms with Crippen LogP contribution in [0.1, 0.15) is 27.2 Å². The van der Waals surface area contributed by atoms with Gasteiger partial charge in [-0.15, -0.1) is 0 Å². The van der Waals surface area contributed by atoms with Crippen LogP contribution < -0.4 is 16.4 Å². The van der Waals surface area contributed by atoms with Crippen LogP contribution in [0.3, 0.4) is 0 Å². The molecule has 18 heavy (non-hydrogen) atoms. The topological polar surface area (TPSA) is 96.1 Å². The number of aromatic nitrogens is 2. The highest BCUT2D eigenvalue weighted by Crippen LogP contribution is 2.13. The Balaban J connectivity index is 2.56. The average Bonchev–Trinajstić information content (AvgIpc) is 2.25. The Morgan fingerprint density at radius 2 is 1.89 bits per heavy atom. The van der Waals surface area contributed by atoms with Gasteiger partial charge in [0, 0.05) is 19.2 Å². The monoisotopic (exact) mass is 253 g/mol. The van der Waals surface area contributed by atoms with Gasteiger partial charge in [0.15, 0.2) is 0 Å². The van der Waals surface area contributed by atoms with E-state index in [0.717, 1.165) is 13.0 Å². The van der Waals surface area contributed by atoms with Gasteiger partial charge in [0.25, 0.3) is 0 Å². The molecule has 6 nitrogen and oxygen atoms in total. The Bertz CT molecular complexity index is 369. The predicted molar refractivity (Wildman–Crippen MR) is 74.6 cm³/mol. The minimum Gasteiger partial charge on any atom is -0.391 e. The van der Waals surface area contributed by atoms with Gasteiger partial charge in [0.2, 0.25) is 5.95 Å². The van der Waals surface area contributed by atoms with E-state index in [4.69, 9.17) is 5.73 Å².